The molecule has 1 aliphatic heterocycles. The molecule has 9 heavy (non-hydrogen) atoms. The van der Waals surface area contributed by atoms with Crippen molar-refractivity contribution in [2.75, 3.05) is 13.6 Å². The largest absolute Gasteiger partial charge is 0.354 e. The van der Waals surface area contributed by atoms with E-state index in [0.29, 0.717) is 0 Å². The van der Waals surface area contributed by atoms with Crippen molar-refractivity contribution in [1.29, 1.82) is 0 Å². The average Bonchev–Trinajstić information content (AvgIpc) is 1.89. The Morgan fingerprint density at radius 1 is 1.89 bits per heavy atom. The summed E-state index contributed by atoms with van der Waals surface area (Å²) in [5, 5.41) is 0. The van der Waals surface area contributed by atoms with Crippen LogP contribution in [0.1, 0.15) is 0 Å². The van der Waals surface area contributed by atoms with E-state index < -0.39 is 0 Å². The fraction of sp³-hybridized carbons (Fsp3) is 0.400. The van der Waals surface area contributed by atoms with Crippen LogP contribution in [0.3, 0.4) is 0 Å². The third-order valence-electron chi connectivity index (χ3n) is 1.22. The number of nitrogens with two attached hydrogens (primary N) is 1. The number of nitrogens with zero attached hydrogens (tertiary/aromatic N) is 2. The van der Waals surface area contributed by atoms with E-state index in [2.05, 4.69) is 10.4 Å². The van der Waals surface area contributed by atoms with Gasteiger partial charge in [-0.15, -0.1) is 0 Å². The lowest BCUT2D eigenvalue weighted by Crippen LogP contribution is -2.35. The monoisotopic (exact) mass is 126 g/mol. The summed E-state index contributed by atoms with van der Waals surface area (Å²) in [6, 6.07) is 0. The van der Waals surface area contributed by atoms with E-state index in [1.807, 2.05) is 18.2 Å². The minimum Gasteiger partial charge on any atom is -0.354 e. The van der Waals surface area contributed by atoms with Crippen LogP contribution in [0.2, 0.25) is 0 Å². The van der Waals surface area contributed by atoms with Gasteiger partial charge < -0.3 is 10.3 Å². The highest BCUT2D eigenvalue weighted by Crippen LogP contribution is 1.97. The van der Waals surface area contributed by atoms with Crippen LogP contribution in [-0.2, 0) is 0 Å². The minimum absolute atomic E-state index is 0.816. The lowest BCUT2D eigenvalue weighted by atomic mass is 10.5. The zero-order valence-electron chi connectivity index (χ0n) is 5.33. The maximum atomic E-state index is 5.16. The molecule has 0 fully saturated rings. The summed E-state index contributed by atoms with van der Waals surface area (Å²) in [6.45, 7) is 0.816. The van der Waals surface area contributed by atoms with Gasteiger partial charge in [0.25, 0.3) is 0 Å². The van der Waals surface area contributed by atoms with Crippen molar-refractivity contribution >= 4 is 6.21 Å². The average molecular weight is 126 g/mol. The lowest BCUT2D eigenvalue weighted by Gasteiger charge is -2.21. The number of hydrazine groups is 1. The number of nitrogens with one attached hydrogen (secondary N) is 1. The maximum Gasteiger partial charge on any atom is 0.134 e. The molecule has 50 valence electrons. The molecule has 0 atom stereocenters. The van der Waals surface area contributed by atoms with Gasteiger partial charge in [0.05, 0.1) is 12.7 Å². The first-order valence-corrected chi connectivity index (χ1v) is 2.74. The maximum absolute atomic E-state index is 5.16. The lowest BCUT2D eigenvalue weighted by molar-refractivity contribution is 0.432. The Bertz CT molecular complexity index is 149. The van der Waals surface area contributed by atoms with Gasteiger partial charge in [0.15, 0.2) is 0 Å². The Balaban J connectivity index is 2.63. The molecule has 0 aromatic carbocycles. The van der Waals surface area contributed by atoms with Gasteiger partial charge in [-0.25, -0.2) is 5.84 Å². The molecule has 0 bridgehead atoms. The van der Waals surface area contributed by atoms with E-state index in [1.54, 1.807) is 6.20 Å². The molecule has 0 saturated heterocycles. The first-order chi connectivity index (χ1) is 4.34. The van der Waals surface area contributed by atoms with E-state index in [4.69, 9.17) is 5.84 Å². The normalized spacial score (nSPS) is 17.6. The van der Waals surface area contributed by atoms with Crippen LogP contribution >= 0.6 is 0 Å². The van der Waals surface area contributed by atoms with Crippen LogP contribution in [0.25, 0.3) is 0 Å². The van der Waals surface area contributed by atoms with Crippen LogP contribution in [0.4, 0.5) is 0 Å². The van der Waals surface area contributed by atoms with E-state index >= 15 is 0 Å². The van der Waals surface area contributed by atoms with Crippen molar-refractivity contribution in [3.8, 4) is 0 Å². The Morgan fingerprint density at radius 2 is 2.67 bits per heavy atom. The number of hydrogen-bond acceptors (Lipinski definition) is 4. The summed E-state index contributed by atoms with van der Waals surface area (Å²) in [6.07, 6.45) is 3.50. The highest BCUT2D eigenvalue weighted by atomic mass is 15.4. The molecule has 0 saturated carbocycles. The molecule has 0 aromatic rings. The Labute approximate surface area is 54.0 Å². The Hall–Kier alpha value is -1.03. The smallest absolute Gasteiger partial charge is 0.134 e. The highest BCUT2D eigenvalue weighted by molar-refractivity contribution is 5.62. The third-order valence-corrected chi connectivity index (χ3v) is 1.22. The van der Waals surface area contributed by atoms with Crippen molar-refractivity contribution in [2.24, 2.45) is 10.8 Å². The van der Waals surface area contributed by atoms with Gasteiger partial charge in [0.2, 0.25) is 0 Å². The summed E-state index contributed by atoms with van der Waals surface area (Å²) in [4.78, 5) is 5.87. The standard InChI is InChI=1S/C5H10N4/c1-9-3-2-7-4-5(9)8-6/h2,4,8H,3,6H2,1H3. The van der Waals surface area contributed by atoms with E-state index in [-0.39, 0.29) is 0 Å². The van der Waals surface area contributed by atoms with Crippen LogP contribution in [0.15, 0.2) is 17.0 Å². The SMILES string of the molecule is CN1CC=NC=C1NN. The second kappa shape index (κ2) is 2.50. The van der Waals surface area contributed by atoms with E-state index in [9.17, 15) is 0 Å². The second-order valence-electron chi connectivity index (χ2n) is 1.87. The van der Waals surface area contributed by atoms with Gasteiger partial charge in [-0.2, -0.15) is 0 Å². The van der Waals surface area contributed by atoms with Crippen molar-refractivity contribution in [1.82, 2.24) is 10.3 Å². The summed E-state index contributed by atoms with van der Waals surface area (Å²) in [5.74, 6) is 6.00. The molecule has 3 N–H and O–H groups in total. The number of rotatable bonds is 1. The molecular formula is C5H10N4. The first kappa shape index (κ1) is 6.10. The Kier molecular flexibility index (Phi) is 1.69. The van der Waals surface area contributed by atoms with Crippen LogP contribution in [0, 0.1) is 0 Å². The summed E-state index contributed by atoms with van der Waals surface area (Å²) in [5.41, 5.74) is 2.53. The highest BCUT2D eigenvalue weighted by Gasteiger charge is 2.02. The van der Waals surface area contributed by atoms with E-state index in [1.165, 1.54) is 0 Å². The van der Waals surface area contributed by atoms with Crippen molar-refractivity contribution in [3.05, 3.63) is 12.0 Å². The summed E-state index contributed by atoms with van der Waals surface area (Å²) < 4.78 is 0. The van der Waals surface area contributed by atoms with Crippen LogP contribution in [-0.4, -0.2) is 24.7 Å². The molecule has 0 aliphatic carbocycles. The molecule has 0 amide bonds. The van der Waals surface area contributed by atoms with Gasteiger partial charge in [-0.1, -0.05) is 0 Å². The number of hydrogen-bond donors (Lipinski definition) is 2. The zero-order valence-corrected chi connectivity index (χ0v) is 5.33. The van der Waals surface area contributed by atoms with Gasteiger partial charge in [-0.05, 0) is 0 Å². The molecule has 4 heteroatoms. The van der Waals surface area contributed by atoms with Crippen molar-refractivity contribution < 1.29 is 0 Å². The van der Waals surface area contributed by atoms with Gasteiger partial charge in [0, 0.05) is 13.3 Å². The number of aliphatic imine (C=N–C) groups is 1. The summed E-state index contributed by atoms with van der Waals surface area (Å²) >= 11 is 0. The van der Waals surface area contributed by atoms with Crippen LogP contribution in [0.5, 0.6) is 0 Å². The van der Waals surface area contributed by atoms with Gasteiger partial charge >= 0.3 is 0 Å². The molecule has 0 spiro atoms. The molecular weight excluding hydrogens is 116 g/mol. The Morgan fingerprint density at radius 3 is 3.11 bits per heavy atom. The molecule has 0 aromatic heterocycles. The van der Waals surface area contributed by atoms with Crippen molar-refractivity contribution in [3.63, 3.8) is 0 Å². The quantitative estimate of drug-likeness (QED) is 0.359. The third kappa shape index (κ3) is 1.20. The molecule has 0 radical (unpaired) electrons. The van der Waals surface area contributed by atoms with Gasteiger partial charge in [0.1, 0.15) is 5.82 Å². The fourth-order valence-corrected chi connectivity index (χ4v) is 0.637. The zero-order chi connectivity index (χ0) is 6.69. The molecule has 4 nitrogen and oxygen atoms in total. The molecule has 1 heterocycles. The topological polar surface area (TPSA) is 53.6 Å². The van der Waals surface area contributed by atoms with Crippen LogP contribution < -0.4 is 11.3 Å². The predicted octanol–water partition coefficient (Wildman–Crippen LogP) is -0.735. The minimum atomic E-state index is 0.816. The second-order valence-corrected chi connectivity index (χ2v) is 1.87. The summed E-state index contributed by atoms with van der Waals surface area (Å²) in [7, 11) is 1.94. The molecule has 0 unspecified atom stereocenters. The molecule has 1 aliphatic rings. The van der Waals surface area contributed by atoms with E-state index in [0.717, 1.165) is 12.4 Å². The first-order valence-electron chi connectivity index (χ1n) is 2.74. The fourth-order valence-electron chi connectivity index (χ4n) is 0.637. The van der Waals surface area contributed by atoms with Gasteiger partial charge in [-0.3, -0.25) is 4.99 Å². The predicted molar refractivity (Wildman–Crippen MR) is 36.5 cm³/mol. The van der Waals surface area contributed by atoms with Crippen molar-refractivity contribution in [2.45, 2.75) is 0 Å². The molecule has 1 rings (SSSR count).